The molecule has 2 aliphatic rings. The summed E-state index contributed by atoms with van der Waals surface area (Å²) in [6.45, 7) is 0. The van der Waals surface area contributed by atoms with Gasteiger partial charge in [-0.2, -0.15) is 0 Å². The number of nitrogens with zero attached hydrogens (tertiary/aromatic N) is 2. The van der Waals surface area contributed by atoms with Crippen LogP contribution in [0.4, 0.5) is 0 Å². The van der Waals surface area contributed by atoms with E-state index in [-0.39, 0.29) is 29.8 Å². The smallest absolute Gasteiger partial charge is 0.310 e. The Morgan fingerprint density at radius 2 is 2.17 bits per heavy atom. The molecular weight excluding hydrogens is 232 g/mol. The quantitative estimate of drug-likeness (QED) is 0.521. The Bertz CT molecular complexity index is 403. The van der Waals surface area contributed by atoms with Crippen LogP contribution in [0.2, 0.25) is 0 Å². The van der Waals surface area contributed by atoms with Gasteiger partial charge in [0.05, 0.1) is 19.1 Å². The van der Waals surface area contributed by atoms with Crippen molar-refractivity contribution in [1.29, 1.82) is 0 Å². The SMILES string of the molecule is COC(=O)C1CC2C(=O)C(=CN(C)C)CC1N2C. The second-order valence-corrected chi connectivity index (χ2v) is 5.30. The lowest BCUT2D eigenvalue weighted by molar-refractivity contribution is -0.146. The number of hydrogen-bond donors (Lipinski definition) is 0. The molecule has 2 aliphatic heterocycles. The Morgan fingerprint density at radius 3 is 2.72 bits per heavy atom. The van der Waals surface area contributed by atoms with Crippen LogP contribution in [0.25, 0.3) is 0 Å². The number of ether oxygens (including phenoxy) is 1. The Hall–Kier alpha value is -1.36. The number of ketones is 1. The molecule has 0 amide bonds. The summed E-state index contributed by atoms with van der Waals surface area (Å²) in [6.07, 6.45) is 3.08. The van der Waals surface area contributed by atoms with E-state index in [0.717, 1.165) is 5.57 Å². The van der Waals surface area contributed by atoms with Gasteiger partial charge in [-0.15, -0.1) is 0 Å². The van der Waals surface area contributed by atoms with Gasteiger partial charge in [-0.25, -0.2) is 0 Å². The molecule has 100 valence electrons. The zero-order valence-corrected chi connectivity index (χ0v) is 11.3. The highest BCUT2D eigenvalue weighted by Crippen LogP contribution is 2.39. The Morgan fingerprint density at radius 1 is 1.50 bits per heavy atom. The van der Waals surface area contributed by atoms with Crippen molar-refractivity contribution in [2.24, 2.45) is 5.92 Å². The summed E-state index contributed by atoms with van der Waals surface area (Å²) in [7, 11) is 7.13. The number of fused-ring (bicyclic) bond motifs is 2. The number of carbonyl (C=O) groups excluding carboxylic acids is 2. The number of likely N-dealkylation sites (N-methyl/N-ethyl adjacent to an activating group) is 1. The second-order valence-electron chi connectivity index (χ2n) is 5.30. The molecular formula is C13H20N2O3. The largest absolute Gasteiger partial charge is 0.469 e. The van der Waals surface area contributed by atoms with Gasteiger partial charge in [-0.3, -0.25) is 14.5 Å². The van der Waals surface area contributed by atoms with Gasteiger partial charge >= 0.3 is 5.97 Å². The molecule has 0 aromatic rings. The molecule has 0 aromatic carbocycles. The van der Waals surface area contributed by atoms with Crippen LogP contribution in [0.1, 0.15) is 12.8 Å². The minimum Gasteiger partial charge on any atom is -0.469 e. The third kappa shape index (κ3) is 2.03. The summed E-state index contributed by atoms with van der Waals surface area (Å²) < 4.78 is 4.84. The zero-order chi connectivity index (χ0) is 13.4. The summed E-state index contributed by atoms with van der Waals surface area (Å²) in [5.41, 5.74) is 0.819. The lowest BCUT2D eigenvalue weighted by atomic mass is 9.94. The third-order valence-corrected chi connectivity index (χ3v) is 3.92. The first-order valence-corrected chi connectivity index (χ1v) is 6.16. The molecule has 2 fully saturated rings. The van der Waals surface area contributed by atoms with Gasteiger partial charge in [0.2, 0.25) is 0 Å². The number of piperidine rings is 1. The van der Waals surface area contributed by atoms with E-state index in [4.69, 9.17) is 4.74 Å². The fourth-order valence-corrected chi connectivity index (χ4v) is 3.03. The molecule has 3 unspecified atom stereocenters. The molecule has 0 saturated carbocycles. The highest BCUT2D eigenvalue weighted by Gasteiger charge is 2.50. The number of Topliss-reactive ketones (excluding diaryl/α,β-unsaturated/α-hetero) is 1. The summed E-state index contributed by atoms with van der Waals surface area (Å²) in [5.74, 6) is -0.232. The van der Waals surface area contributed by atoms with E-state index in [9.17, 15) is 9.59 Å². The Kier molecular flexibility index (Phi) is 3.43. The molecule has 18 heavy (non-hydrogen) atoms. The van der Waals surface area contributed by atoms with E-state index in [0.29, 0.717) is 12.8 Å². The van der Waals surface area contributed by atoms with Gasteiger partial charge in [0.15, 0.2) is 5.78 Å². The molecule has 0 N–H and O–H groups in total. The van der Waals surface area contributed by atoms with Crippen LogP contribution < -0.4 is 0 Å². The van der Waals surface area contributed by atoms with E-state index >= 15 is 0 Å². The van der Waals surface area contributed by atoms with Crippen molar-refractivity contribution < 1.29 is 14.3 Å². The van der Waals surface area contributed by atoms with Gasteiger partial charge in [-0.05, 0) is 19.9 Å². The number of esters is 1. The van der Waals surface area contributed by atoms with Crippen LogP contribution in [0, 0.1) is 5.92 Å². The molecule has 0 spiro atoms. The topological polar surface area (TPSA) is 49.9 Å². The fraction of sp³-hybridized carbons (Fsp3) is 0.692. The minimum absolute atomic E-state index is 0.0892. The molecule has 5 nitrogen and oxygen atoms in total. The average molecular weight is 252 g/mol. The van der Waals surface area contributed by atoms with Crippen LogP contribution in [-0.2, 0) is 14.3 Å². The monoisotopic (exact) mass is 252 g/mol. The van der Waals surface area contributed by atoms with Gasteiger partial charge in [0.25, 0.3) is 0 Å². The number of methoxy groups -OCH3 is 1. The highest BCUT2D eigenvalue weighted by atomic mass is 16.5. The summed E-state index contributed by atoms with van der Waals surface area (Å²) in [4.78, 5) is 27.9. The van der Waals surface area contributed by atoms with Crippen LogP contribution in [-0.4, -0.2) is 61.9 Å². The average Bonchev–Trinajstić information content (AvgIpc) is 2.55. The Balaban J connectivity index is 2.26. The predicted octanol–water partition coefficient (Wildman–Crippen LogP) is 0.267. The highest BCUT2D eigenvalue weighted by molar-refractivity contribution is 6.01. The summed E-state index contributed by atoms with van der Waals surface area (Å²) in [6, 6.07) is -0.0783. The molecule has 0 aromatic heterocycles. The first-order chi connectivity index (χ1) is 8.45. The van der Waals surface area contributed by atoms with Crippen molar-refractivity contribution in [1.82, 2.24) is 9.80 Å². The predicted molar refractivity (Wildman–Crippen MR) is 66.9 cm³/mol. The fourth-order valence-electron chi connectivity index (χ4n) is 3.03. The molecule has 2 rings (SSSR count). The standard InChI is InChI=1S/C13H20N2O3/c1-14(2)7-8-5-10-9(13(17)18-4)6-11(12(8)16)15(10)3/h7,9-11H,5-6H2,1-4H3. The van der Waals surface area contributed by atoms with Crippen molar-refractivity contribution >= 4 is 11.8 Å². The van der Waals surface area contributed by atoms with Gasteiger partial charge < -0.3 is 9.64 Å². The van der Waals surface area contributed by atoms with Gasteiger partial charge in [-0.1, -0.05) is 0 Å². The zero-order valence-electron chi connectivity index (χ0n) is 11.3. The molecule has 0 radical (unpaired) electrons. The molecule has 3 atom stereocenters. The second kappa shape index (κ2) is 4.72. The van der Waals surface area contributed by atoms with Crippen molar-refractivity contribution in [2.45, 2.75) is 24.9 Å². The van der Waals surface area contributed by atoms with E-state index in [1.165, 1.54) is 7.11 Å². The van der Waals surface area contributed by atoms with Crippen molar-refractivity contribution in [2.75, 3.05) is 28.3 Å². The number of carbonyl (C=O) groups is 2. The first-order valence-electron chi connectivity index (χ1n) is 6.16. The van der Waals surface area contributed by atoms with Crippen LogP contribution in [0.5, 0.6) is 0 Å². The van der Waals surface area contributed by atoms with Gasteiger partial charge in [0.1, 0.15) is 0 Å². The van der Waals surface area contributed by atoms with Crippen molar-refractivity contribution in [3.63, 3.8) is 0 Å². The number of hydrogen-bond acceptors (Lipinski definition) is 5. The van der Waals surface area contributed by atoms with Gasteiger partial charge in [0, 0.05) is 31.9 Å². The first kappa shape index (κ1) is 13.1. The lowest BCUT2D eigenvalue weighted by Crippen LogP contribution is -2.45. The van der Waals surface area contributed by atoms with Crippen molar-refractivity contribution in [3.8, 4) is 0 Å². The normalized spacial score (nSPS) is 33.9. The maximum absolute atomic E-state index is 12.3. The van der Waals surface area contributed by atoms with Crippen LogP contribution in [0.3, 0.4) is 0 Å². The minimum atomic E-state index is -0.201. The molecule has 2 heterocycles. The summed E-state index contributed by atoms with van der Waals surface area (Å²) >= 11 is 0. The third-order valence-electron chi connectivity index (χ3n) is 3.92. The van der Waals surface area contributed by atoms with E-state index in [2.05, 4.69) is 0 Å². The van der Waals surface area contributed by atoms with E-state index in [1.54, 1.807) is 0 Å². The molecule has 2 saturated heterocycles. The van der Waals surface area contributed by atoms with E-state index < -0.39 is 0 Å². The maximum atomic E-state index is 12.3. The summed E-state index contributed by atoms with van der Waals surface area (Å²) in [5, 5.41) is 0. The molecule has 0 aliphatic carbocycles. The molecule has 2 bridgehead atoms. The van der Waals surface area contributed by atoms with E-state index in [1.807, 2.05) is 37.1 Å². The van der Waals surface area contributed by atoms with Crippen LogP contribution in [0.15, 0.2) is 11.8 Å². The maximum Gasteiger partial charge on any atom is 0.310 e. The Labute approximate surface area is 107 Å². The molecule has 5 heteroatoms. The lowest BCUT2D eigenvalue weighted by Gasteiger charge is -2.32. The van der Waals surface area contributed by atoms with Crippen LogP contribution >= 0.6 is 0 Å². The number of rotatable bonds is 2. The van der Waals surface area contributed by atoms with Crippen molar-refractivity contribution in [3.05, 3.63) is 11.8 Å².